The molecule has 4 heavy (non-hydrogen) atoms. The summed E-state index contributed by atoms with van der Waals surface area (Å²) in [5, 5.41) is 0. The van der Waals surface area contributed by atoms with Gasteiger partial charge < -0.3 is 0 Å². The molecule has 21 valence electrons. The number of hydrogen-bond donors (Lipinski definition) is 0. The third-order valence-electron chi connectivity index (χ3n) is 0. The standard InChI is InChI=1S/B.Fe.Mg.H2S/h;;;1H2. The van der Waals surface area contributed by atoms with Gasteiger partial charge in [-0.25, -0.2) is 0 Å². The summed E-state index contributed by atoms with van der Waals surface area (Å²) in [5.41, 5.74) is 0. The Bertz CT molecular complexity index is 8.00. The maximum absolute atomic E-state index is 0. The van der Waals surface area contributed by atoms with Crippen LogP contribution in [0.4, 0.5) is 0 Å². The summed E-state index contributed by atoms with van der Waals surface area (Å²) in [6, 6.07) is 0. The molecular formula is H2BFeMgS. The minimum atomic E-state index is 0. The van der Waals surface area contributed by atoms with Crippen LogP contribution in [0.25, 0.3) is 0 Å². The van der Waals surface area contributed by atoms with Crippen molar-refractivity contribution in [3.8, 4) is 0 Å². The van der Waals surface area contributed by atoms with E-state index in [0.717, 1.165) is 0 Å². The molecule has 0 N–H and O–H groups in total. The molecule has 0 aromatic carbocycles. The number of hydrogen-bond acceptors (Lipinski definition) is 0. The summed E-state index contributed by atoms with van der Waals surface area (Å²) >= 11 is 0. The zero-order valence-electron chi connectivity index (χ0n) is 2.14. The molecule has 0 saturated carbocycles. The van der Waals surface area contributed by atoms with E-state index in [9.17, 15) is 0 Å². The van der Waals surface area contributed by atoms with Crippen molar-refractivity contribution in [1.29, 1.82) is 0 Å². The maximum Gasteiger partial charge on any atom is 0 e. The van der Waals surface area contributed by atoms with Crippen molar-refractivity contribution in [2.75, 3.05) is 0 Å². The molecule has 0 bridgehead atoms. The van der Waals surface area contributed by atoms with Crippen molar-refractivity contribution < 1.29 is 17.1 Å². The van der Waals surface area contributed by atoms with Crippen molar-refractivity contribution in [1.82, 2.24) is 0 Å². The van der Waals surface area contributed by atoms with Crippen LogP contribution in [0.5, 0.6) is 0 Å². The molecule has 5 radical (unpaired) electrons. The second-order valence-electron chi connectivity index (χ2n) is 0. The smallest absolute Gasteiger partial charge is 0 e. The molecule has 0 amide bonds. The Labute approximate surface area is 61.7 Å². The van der Waals surface area contributed by atoms with E-state index >= 15 is 0 Å². The molecule has 0 rings (SSSR count). The van der Waals surface area contributed by atoms with Crippen molar-refractivity contribution in [3.05, 3.63) is 0 Å². The maximum atomic E-state index is 0. The summed E-state index contributed by atoms with van der Waals surface area (Å²) in [4.78, 5) is 0. The molecule has 0 aromatic heterocycles. The SMILES string of the molecule is S.[B].[Fe].[Mg]. The Balaban J connectivity index is 0. The molecule has 0 nitrogen and oxygen atoms in total. The van der Waals surface area contributed by atoms with Gasteiger partial charge in [-0.05, 0) is 0 Å². The van der Waals surface area contributed by atoms with Crippen LogP contribution in [0.2, 0.25) is 0 Å². The van der Waals surface area contributed by atoms with E-state index in [4.69, 9.17) is 0 Å². The van der Waals surface area contributed by atoms with Crippen molar-refractivity contribution in [3.63, 3.8) is 0 Å². The topological polar surface area (TPSA) is 0 Å². The van der Waals surface area contributed by atoms with Gasteiger partial charge in [0.15, 0.2) is 0 Å². The molecule has 4 heteroatoms. The molecule has 0 fully saturated rings. The van der Waals surface area contributed by atoms with Gasteiger partial charge >= 0.3 is 0 Å². The van der Waals surface area contributed by atoms with E-state index in [2.05, 4.69) is 0 Å². The zero-order valence-corrected chi connectivity index (χ0v) is 5.66. The predicted octanol–water partition coefficient (Wildman–Crippen LogP) is -0.651. The largest absolute Gasteiger partial charge is 0.197 e. The minimum Gasteiger partial charge on any atom is -0.197 e. The van der Waals surface area contributed by atoms with Crippen LogP contribution in [0.1, 0.15) is 0 Å². The van der Waals surface area contributed by atoms with Crippen molar-refractivity contribution in [2.45, 2.75) is 0 Å². The van der Waals surface area contributed by atoms with Crippen LogP contribution in [0.3, 0.4) is 0 Å². The first kappa shape index (κ1) is 43.6. The molecule has 0 spiro atoms. The van der Waals surface area contributed by atoms with E-state index in [-0.39, 0.29) is 62.0 Å². The van der Waals surface area contributed by atoms with Gasteiger partial charge in [0, 0.05) is 48.5 Å². The molecular weight excluding hydrogens is 123 g/mol. The van der Waals surface area contributed by atoms with E-state index in [0.29, 0.717) is 0 Å². The van der Waals surface area contributed by atoms with E-state index < -0.39 is 0 Å². The van der Waals surface area contributed by atoms with Crippen LogP contribution in [0.15, 0.2) is 0 Å². The van der Waals surface area contributed by atoms with Gasteiger partial charge in [-0.1, -0.05) is 0 Å². The normalized spacial score (nSPS) is 0. The second kappa shape index (κ2) is 22.3. The predicted molar refractivity (Wildman–Crippen MR) is 21.9 cm³/mol. The third-order valence-corrected chi connectivity index (χ3v) is 0. The van der Waals surface area contributed by atoms with Crippen LogP contribution < -0.4 is 0 Å². The Morgan fingerprint density at radius 2 is 1.00 bits per heavy atom. The van der Waals surface area contributed by atoms with Crippen LogP contribution in [-0.2, 0) is 17.1 Å². The van der Waals surface area contributed by atoms with Gasteiger partial charge in [-0.15, -0.1) is 0 Å². The average Bonchev–Trinajstić information content (AvgIpc) is 0. The first-order valence-electron chi connectivity index (χ1n) is 0. The monoisotopic (exact) mass is 125 g/mol. The van der Waals surface area contributed by atoms with Crippen molar-refractivity contribution >= 4 is 45.0 Å². The minimum absolute atomic E-state index is 0. The second-order valence-corrected chi connectivity index (χ2v) is 0. The Morgan fingerprint density at radius 1 is 1.00 bits per heavy atom. The molecule has 0 aliphatic heterocycles. The Morgan fingerprint density at radius 3 is 1.00 bits per heavy atom. The summed E-state index contributed by atoms with van der Waals surface area (Å²) in [6.07, 6.45) is 0. The third kappa shape index (κ3) is 9.33. The van der Waals surface area contributed by atoms with Crippen LogP contribution >= 0.6 is 13.5 Å². The van der Waals surface area contributed by atoms with Gasteiger partial charge in [0.05, 0.1) is 0 Å². The van der Waals surface area contributed by atoms with E-state index in [1.165, 1.54) is 0 Å². The molecule has 0 unspecified atom stereocenters. The average molecular weight is 125 g/mol. The summed E-state index contributed by atoms with van der Waals surface area (Å²) in [6.45, 7) is 0. The summed E-state index contributed by atoms with van der Waals surface area (Å²) < 4.78 is 0. The fourth-order valence-electron chi connectivity index (χ4n) is 0. The zero-order chi connectivity index (χ0) is 0. The molecule has 0 heterocycles. The summed E-state index contributed by atoms with van der Waals surface area (Å²) in [7, 11) is 0. The van der Waals surface area contributed by atoms with Crippen molar-refractivity contribution in [2.24, 2.45) is 0 Å². The van der Waals surface area contributed by atoms with Crippen LogP contribution in [-0.4, -0.2) is 31.5 Å². The fourth-order valence-corrected chi connectivity index (χ4v) is 0. The molecule has 0 aliphatic carbocycles. The van der Waals surface area contributed by atoms with Gasteiger partial charge in [0.2, 0.25) is 0 Å². The van der Waals surface area contributed by atoms with Gasteiger partial charge in [-0.3, -0.25) is 0 Å². The van der Waals surface area contributed by atoms with Gasteiger partial charge in [0.1, 0.15) is 0 Å². The Kier molecular flexibility index (Phi) is 242. The first-order valence-corrected chi connectivity index (χ1v) is 0. The van der Waals surface area contributed by atoms with Crippen LogP contribution in [0, 0.1) is 0 Å². The number of rotatable bonds is 0. The molecule has 0 aliphatic rings. The van der Waals surface area contributed by atoms with E-state index in [1.807, 2.05) is 0 Å². The quantitative estimate of drug-likeness (QED) is 0.377. The molecule has 0 atom stereocenters. The Hall–Kier alpha value is 1.70. The summed E-state index contributed by atoms with van der Waals surface area (Å²) in [5.74, 6) is 0. The van der Waals surface area contributed by atoms with Gasteiger partial charge in [0.25, 0.3) is 0 Å². The molecule has 0 aromatic rings. The van der Waals surface area contributed by atoms with E-state index in [1.54, 1.807) is 0 Å². The fraction of sp³-hybridized carbons (Fsp3) is 0. The molecule has 0 saturated heterocycles. The first-order chi connectivity index (χ1) is 0. The van der Waals surface area contributed by atoms with Gasteiger partial charge in [-0.2, -0.15) is 13.5 Å².